The monoisotopic (exact) mass is 325 g/mol. The molecule has 2 heterocycles. The first kappa shape index (κ1) is 14.1. The fraction of sp³-hybridized carbons (Fsp3) is 0.235. The van der Waals surface area contributed by atoms with Gasteiger partial charge in [-0.3, -0.25) is 14.0 Å². The van der Waals surface area contributed by atoms with Gasteiger partial charge in [0, 0.05) is 16.1 Å². The van der Waals surface area contributed by atoms with Crippen molar-refractivity contribution in [1.29, 1.82) is 0 Å². The first-order chi connectivity index (χ1) is 11.1. The van der Waals surface area contributed by atoms with Crippen LogP contribution in [0, 0.1) is 6.92 Å². The maximum atomic E-state index is 12.7. The number of thiazole rings is 1. The van der Waals surface area contributed by atoms with Crippen LogP contribution >= 0.6 is 11.3 Å². The van der Waals surface area contributed by atoms with E-state index in [4.69, 9.17) is 0 Å². The van der Waals surface area contributed by atoms with Gasteiger partial charge in [-0.2, -0.15) is 0 Å². The zero-order chi connectivity index (χ0) is 16.0. The highest BCUT2D eigenvalue weighted by Gasteiger charge is 2.21. The van der Waals surface area contributed by atoms with Crippen LogP contribution in [0.5, 0.6) is 0 Å². The molecule has 0 radical (unpaired) electrons. The van der Waals surface area contributed by atoms with Gasteiger partial charge in [0.05, 0.1) is 6.20 Å². The van der Waals surface area contributed by atoms with Crippen LogP contribution in [-0.4, -0.2) is 15.3 Å². The Hall–Kier alpha value is -2.47. The molecule has 0 aliphatic heterocycles. The molecular formula is C17H15N3O2S. The van der Waals surface area contributed by atoms with Crippen molar-refractivity contribution in [2.45, 2.75) is 26.2 Å². The lowest BCUT2D eigenvalue weighted by Crippen LogP contribution is -2.24. The highest BCUT2D eigenvalue weighted by molar-refractivity contribution is 7.17. The van der Waals surface area contributed by atoms with Crippen molar-refractivity contribution < 1.29 is 4.79 Å². The van der Waals surface area contributed by atoms with Crippen LogP contribution in [-0.2, 0) is 12.8 Å². The lowest BCUT2D eigenvalue weighted by molar-refractivity contribution is 0.102. The molecule has 5 nitrogen and oxygen atoms in total. The summed E-state index contributed by atoms with van der Waals surface area (Å²) < 4.78 is 1.65. The summed E-state index contributed by atoms with van der Waals surface area (Å²) in [5.41, 5.74) is 2.51. The van der Waals surface area contributed by atoms with Crippen molar-refractivity contribution in [2.75, 3.05) is 5.32 Å². The van der Waals surface area contributed by atoms with Crippen LogP contribution in [0.25, 0.3) is 4.96 Å². The second-order valence-electron chi connectivity index (χ2n) is 5.69. The van der Waals surface area contributed by atoms with E-state index in [1.54, 1.807) is 21.8 Å². The molecule has 0 fully saturated rings. The smallest absolute Gasteiger partial charge is 0.282 e. The molecular weight excluding hydrogens is 310 g/mol. The van der Waals surface area contributed by atoms with Gasteiger partial charge in [0.1, 0.15) is 5.69 Å². The molecule has 0 spiro atoms. The predicted octanol–water partition coefficient (Wildman–Crippen LogP) is 2.81. The van der Waals surface area contributed by atoms with E-state index in [-0.39, 0.29) is 17.2 Å². The third-order valence-electron chi connectivity index (χ3n) is 4.19. The molecule has 1 aromatic carbocycles. The molecule has 1 N–H and O–H groups in total. The third kappa shape index (κ3) is 2.26. The van der Waals surface area contributed by atoms with Crippen LogP contribution in [0.1, 0.15) is 32.9 Å². The Morgan fingerprint density at radius 1 is 1.30 bits per heavy atom. The number of nitrogens with one attached hydrogen (secondary N) is 1. The average Bonchev–Trinajstić information content (AvgIpc) is 3.11. The number of rotatable bonds is 2. The minimum Gasteiger partial charge on any atom is -0.316 e. The number of benzene rings is 1. The van der Waals surface area contributed by atoms with Crippen molar-refractivity contribution in [3.05, 3.63) is 62.5 Å². The van der Waals surface area contributed by atoms with Crippen LogP contribution < -0.4 is 10.9 Å². The van der Waals surface area contributed by atoms with Crippen LogP contribution in [0.4, 0.5) is 5.69 Å². The Kier molecular flexibility index (Phi) is 3.27. The molecule has 1 aliphatic carbocycles. The highest BCUT2D eigenvalue weighted by Crippen LogP contribution is 2.29. The van der Waals surface area contributed by atoms with E-state index >= 15 is 0 Å². The van der Waals surface area contributed by atoms with Gasteiger partial charge in [-0.25, -0.2) is 4.98 Å². The number of aromatic nitrogens is 2. The Balaban J connectivity index is 1.75. The second-order valence-corrected chi connectivity index (χ2v) is 6.75. The molecule has 0 atom stereocenters. The topological polar surface area (TPSA) is 63.5 Å². The molecule has 116 valence electrons. The van der Waals surface area contributed by atoms with Gasteiger partial charge in [0.25, 0.3) is 11.5 Å². The van der Waals surface area contributed by atoms with E-state index in [2.05, 4.69) is 10.3 Å². The van der Waals surface area contributed by atoms with E-state index in [1.165, 1.54) is 11.1 Å². The van der Waals surface area contributed by atoms with E-state index in [9.17, 15) is 9.59 Å². The fourth-order valence-corrected chi connectivity index (χ4v) is 4.18. The van der Waals surface area contributed by atoms with Crippen LogP contribution in [0.3, 0.4) is 0 Å². The van der Waals surface area contributed by atoms with Gasteiger partial charge in [0.2, 0.25) is 0 Å². The number of carbonyl (C=O) groups is 1. The summed E-state index contributed by atoms with van der Waals surface area (Å²) >= 11 is 1.57. The van der Waals surface area contributed by atoms with Crippen LogP contribution in [0.15, 0.2) is 35.3 Å². The number of amides is 1. The molecule has 23 heavy (non-hydrogen) atoms. The summed E-state index contributed by atoms with van der Waals surface area (Å²) in [6, 6.07) is 7.30. The number of hydrogen-bond acceptors (Lipinski definition) is 4. The van der Waals surface area contributed by atoms with Gasteiger partial charge in [-0.15, -0.1) is 11.3 Å². The lowest BCUT2D eigenvalue weighted by atomic mass is 10.1. The first-order valence-electron chi connectivity index (χ1n) is 7.54. The highest BCUT2D eigenvalue weighted by atomic mass is 32.1. The average molecular weight is 325 g/mol. The SMILES string of the molecule is Cc1ccccc1C(=O)Nc1cnc2sc3c(n2c1=O)CCC3. The number of aryl methyl sites for hydroxylation is 3. The van der Waals surface area contributed by atoms with E-state index in [1.807, 2.05) is 25.1 Å². The predicted molar refractivity (Wildman–Crippen MR) is 90.5 cm³/mol. The molecule has 6 heteroatoms. The molecule has 0 saturated heterocycles. The summed E-state index contributed by atoms with van der Waals surface area (Å²) in [4.78, 5) is 31.4. The summed E-state index contributed by atoms with van der Waals surface area (Å²) in [6.45, 7) is 1.87. The van der Waals surface area contributed by atoms with Gasteiger partial charge in [-0.05, 0) is 37.8 Å². The quantitative estimate of drug-likeness (QED) is 0.788. The molecule has 0 unspecified atom stereocenters. The molecule has 2 aromatic heterocycles. The summed E-state index contributed by atoms with van der Waals surface area (Å²) in [7, 11) is 0. The molecule has 0 saturated carbocycles. The Labute approximate surface area is 136 Å². The van der Waals surface area contributed by atoms with Crippen molar-refractivity contribution in [3.63, 3.8) is 0 Å². The number of nitrogens with zero attached hydrogens (tertiary/aromatic N) is 2. The standard InChI is InChI=1S/C17H15N3O2S/c1-10-5-2-3-6-11(10)15(21)19-12-9-18-17-20(16(12)22)13-7-4-8-14(13)23-17/h2-3,5-6,9H,4,7-8H2,1H3,(H,19,21). The molecule has 3 aromatic rings. The normalized spacial score (nSPS) is 13.3. The summed E-state index contributed by atoms with van der Waals surface area (Å²) in [5, 5.41) is 2.71. The zero-order valence-corrected chi connectivity index (χ0v) is 13.4. The van der Waals surface area contributed by atoms with E-state index < -0.39 is 0 Å². The number of carbonyl (C=O) groups excluding carboxylic acids is 1. The second kappa shape index (κ2) is 5.31. The van der Waals surface area contributed by atoms with Gasteiger partial charge in [-0.1, -0.05) is 18.2 Å². The summed E-state index contributed by atoms with van der Waals surface area (Å²) in [6.07, 6.45) is 4.43. The zero-order valence-electron chi connectivity index (χ0n) is 12.6. The van der Waals surface area contributed by atoms with Crippen molar-refractivity contribution in [1.82, 2.24) is 9.38 Å². The first-order valence-corrected chi connectivity index (χ1v) is 8.36. The number of anilines is 1. The van der Waals surface area contributed by atoms with Crippen molar-refractivity contribution in [3.8, 4) is 0 Å². The van der Waals surface area contributed by atoms with Gasteiger partial charge >= 0.3 is 0 Å². The van der Waals surface area contributed by atoms with E-state index in [0.29, 0.717) is 10.5 Å². The molecule has 0 bridgehead atoms. The molecule has 1 amide bonds. The maximum Gasteiger partial charge on any atom is 0.282 e. The molecule has 1 aliphatic rings. The minimum atomic E-state index is -0.283. The number of hydrogen-bond donors (Lipinski definition) is 1. The Morgan fingerprint density at radius 3 is 2.96 bits per heavy atom. The van der Waals surface area contributed by atoms with Crippen molar-refractivity contribution in [2.24, 2.45) is 0 Å². The van der Waals surface area contributed by atoms with Gasteiger partial charge < -0.3 is 5.32 Å². The molecule has 4 rings (SSSR count). The largest absolute Gasteiger partial charge is 0.316 e. The fourth-order valence-electron chi connectivity index (χ4n) is 3.01. The van der Waals surface area contributed by atoms with Crippen LogP contribution in [0.2, 0.25) is 0 Å². The maximum absolute atomic E-state index is 12.7. The van der Waals surface area contributed by atoms with Crippen molar-refractivity contribution >= 4 is 27.9 Å². The lowest BCUT2D eigenvalue weighted by Gasteiger charge is -2.07. The third-order valence-corrected chi connectivity index (χ3v) is 5.35. The Morgan fingerprint density at radius 2 is 2.13 bits per heavy atom. The number of fused-ring (bicyclic) bond motifs is 3. The van der Waals surface area contributed by atoms with E-state index in [0.717, 1.165) is 30.5 Å². The Bertz CT molecular complexity index is 987. The minimum absolute atomic E-state index is 0.198. The van der Waals surface area contributed by atoms with Gasteiger partial charge in [0.15, 0.2) is 4.96 Å². The summed E-state index contributed by atoms with van der Waals surface area (Å²) in [5.74, 6) is -0.283.